The summed E-state index contributed by atoms with van der Waals surface area (Å²) in [4.78, 5) is 18.0. The van der Waals surface area contributed by atoms with Crippen LogP contribution >= 0.6 is 0 Å². The molecule has 128 valence electrons. The lowest BCUT2D eigenvalue weighted by Gasteiger charge is -2.34. The molecule has 2 rings (SSSR count). The van der Waals surface area contributed by atoms with Crippen molar-refractivity contribution < 1.29 is 18.3 Å². The van der Waals surface area contributed by atoms with Crippen molar-refractivity contribution in [1.29, 1.82) is 0 Å². The normalized spacial score (nSPS) is 17.9. The number of likely N-dealkylation sites (tertiary alicyclic amines) is 1. The standard InChI is InChI=1S/C15H23N3O4S/c1-23(21,22)17-9-5-14(19)18-10-6-12(7-11-18)15(20)13-4-2-3-8-16-13/h2-4,8,12,15,17,20H,5-7,9-11H2,1H3. The molecule has 1 fully saturated rings. The van der Waals surface area contributed by atoms with Crippen molar-refractivity contribution in [3.63, 3.8) is 0 Å². The topological polar surface area (TPSA) is 99.6 Å². The summed E-state index contributed by atoms with van der Waals surface area (Å²) in [6, 6.07) is 5.46. The molecular weight excluding hydrogens is 318 g/mol. The Kier molecular flexibility index (Phi) is 6.09. The quantitative estimate of drug-likeness (QED) is 0.775. The number of pyridine rings is 1. The van der Waals surface area contributed by atoms with E-state index in [1.165, 1.54) is 0 Å². The monoisotopic (exact) mass is 341 g/mol. The van der Waals surface area contributed by atoms with Gasteiger partial charge in [0.05, 0.1) is 18.1 Å². The lowest BCUT2D eigenvalue weighted by molar-refractivity contribution is -0.133. The number of rotatable bonds is 6. The fourth-order valence-corrected chi connectivity index (χ4v) is 3.23. The first-order chi connectivity index (χ1) is 10.9. The van der Waals surface area contributed by atoms with Gasteiger partial charge in [0.15, 0.2) is 0 Å². The maximum absolute atomic E-state index is 12.0. The molecule has 0 bridgehead atoms. The predicted molar refractivity (Wildman–Crippen MR) is 86.0 cm³/mol. The Balaban J connectivity index is 1.78. The highest BCUT2D eigenvalue weighted by Gasteiger charge is 2.28. The van der Waals surface area contributed by atoms with Gasteiger partial charge < -0.3 is 10.0 Å². The van der Waals surface area contributed by atoms with Crippen molar-refractivity contribution in [2.24, 2.45) is 5.92 Å². The zero-order valence-electron chi connectivity index (χ0n) is 13.2. The van der Waals surface area contributed by atoms with Crippen molar-refractivity contribution in [3.05, 3.63) is 30.1 Å². The van der Waals surface area contributed by atoms with E-state index in [9.17, 15) is 18.3 Å². The second kappa shape index (κ2) is 7.85. The minimum Gasteiger partial charge on any atom is -0.387 e. The number of amides is 1. The molecule has 1 atom stereocenters. The summed E-state index contributed by atoms with van der Waals surface area (Å²) in [6.07, 6.45) is 3.70. The van der Waals surface area contributed by atoms with Crippen molar-refractivity contribution in [1.82, 2.24) is 14.6 Å². The van der Waals surface area contributed by atoms with Gasteiger partial charge in [-0.1, -0.05) is 6.07 Å². The van der Waals surface area contributed by atoms with Crippen LogP contribution in [0.3, 0.4) is 0 Å². The van der Waals surface area contributed by atoms with E-state index in [-0.39, 0.29) is 24.8 Å². The summed E-state index contributed by atoms with van der Waals surface area (Å²) < 4.78 is 24.3. The third kappa shape index (κ3) is 5.56. The van der Waals surface area contributed by atoms with Crippen LogP contribution in [0.4, 0.5) is 0 Å². The number of hydrogen-bond donors (Lipinski definition) is 2. The van der Waals surface area contributed by atoms with Crippen LogP contribution < -0.4 is 4.72 Å². The van der Waals surface area contributed by atoms with Crippen molar-refractivity contribution in [2.45, 2.75) is 25.4 Å². The summed E-state index contributed by atoms with van der Waals surface area (Å²) in [6.45, 7) is 1.27. The highest BCUT2D eigenvalue weighted by molar-refractivity contribution is 7.88. The SMILES string of the molecule is CS(=O)(=O)NCCC(=O)N1CCC(C(O)c2ccccn2)CC1. The van der Waals surface area contributed by atoms with E-state index in [0.717, 1.165) is 6.26 Å². The van der Waals surface area contributed by atoms with Crippen LogP contribution in [0.15, 0.2) is 24.4 Å². The third-order valence-electron chi connectivity index (χ3n) is 4.03. The van der Waals surface area contributed by atoms with Gasteiger partial charge >= 0.3 is 0 Å². The van der Waals surface area contributed by atoms with Crippen molar-refractivity contribution in [3.8, 4) is 0 Å². The molecule has 23 heavy (non-hydrogen) atoms. The molecule has 8 heteroatoms. The Labute approximate surface area is 136 Å². The maximum atomic E-state index is 12.0. The van der Waals surface area contributed by atoms with E-state index in [2.05, 4.69) is 9.71 Å². The number of piperidine rings is 1. The van der Waals surface area contributed by atoms with Crippen LogP contribution in [-0.4, -0.2) is 55.2 Å². The molecule has 1 aliphatic rings. The van der Waals surface area contributed by atoms with Crippen molar-refractivity contribution in [2.75, 3.05) is 25.9 Å². The van der Waals surface area contributed by atoms with Gasteiger partial charge in [-0.2, -0.15) is 0 Å². The molecule has 1 amide bonds. The minimum absolute atomic E-state index is 0.0630. The summed E-state index contributed by atoms with van der Waals surface area (Å²) >= 11 is 0. The van der Waals surface area contributed by atoms with Gasteiger partial charge in [-0.05, 0) is 30.9 Å². The molecule has 2 N–H and O–H groups in total. The molecule has 0 aromatic carbocycles. The Bertz CT molecular complexity index is 613. The van der Waals surface area contributed by atoms with Crippen molar-refractivity contribution >= 4 is 15.9 Å². The molecule has 0 saturated carbocycles. The number of aliphatic hydroxyl groups is 1. The van der Waals surface area contributed by atoms with E-state index >= 15 is 0 Å². The molecule has 0 spiro atoms. The number of aliphatic hydroxyl groups excluding tert-OH is 1. The largest absolute Gasteiger partial charge is 0.387 e. The van der Waals surface area contributed by atoms with Crippen LogP contribution in [-0.2, 0) is 14.8 Å². The Morgan fingerprint density at radius 3 is 2.70 bits per heavy atom. The Morgan fingerprint density at radius 2 is 2.13 bits per heavy atom. The molecule has 1 aliphatic heterocycles. The summed E-state index contributed by atoms with van der Waals surface area (Å²) in [5.74, 6) is 0.0232. The Morgan fingerprint density at radius 1 is 1.43 bits per heavy atom. The molecular formula is C15H23N3O4S. The number of aromatic nitrogens is 1. The number of carbonyl (C=O) groups is 1. The van der Waals surface area contributed by atoms with Crippen LogP contribution in [0.25, 0.3) is 0 Å². The van der Waals surface area contributed by atoms with E-state index in [1.807, 2.05) is 12.1 Å². The molecule has 1 aromatic heterocycles. The van der Waals surface area contributed by atoms with E-state index < -0.39 is 16.1 Å². The summed E-state index contributed by atoms with van der Waals surface area (Å²) in [7, 11) is -3.26. The van der Waals surface area contributed by atoms with E-state index in [1.54, 1.807) is 17.2 Å². The fraction of sp³-hybridized carbons (Fsp3) is 0.600. The maximum Gasteiger partial charge on any atom is 0.223 e. The predicted octanol–water partition coefficient (Wildman–Crippen LogP) is 0.293. The average Bonchev–Trinajstić information content (AvgIpc) is 2.54. The van der Waals surface area contributed by atoms with Crippen LogP contribution in [0, 0.1) is 5.92 Å². The fourth-order valence-electron chi connectivity index (χ4n) is 2.76. The molecule has 1 unspecified atom stereocenters. The van der Waals surface area contributed by atoms with Crippen LogP contribution in [0.2, 0.25) is 0 Å². The first kappa shape index (κ1) is 17.8. The lowest BCUT2D eigenvalue weighted by atomic mass is 9.89. The van der Waals surface area contributed by atoms with Gasteiger partial charge in [0.2, 0.25) is 15.9 Å². The first-order valence-electron chi connectivity index (χ1n) is 7.68. The molecule has 2 heterocycles. The zero-order valence-corrected chi connectivity index (χ0v) is 14.0. The summed E-state index contributed by atoms with van der Waals surface area (Å²) in [5.41, 5.74) is 0.662. The number of nitrogens with one attached hydrogen (secondary N) is 1. The number of carbonyl (C=O) groups excluding carboxylic acids is 1. The minimum atomic E-state index is -3.26. The Hall–Kier alpha value is -1.51. The van der Waals surface area contributed by atoms with Gasteiger partial charge in [0.25, 0.3) is 0 Å². The van der Waals surface area contributed by atoms with Gasteiger partial charge in [0.1, 0.15) is 0 Å². The molecule has 1 saturated heterocycles. The molecule has 0 aliphatic carbocycles. The summed E-state index contributed by atoms with van der Waals surface area (Å²) in [5, 5.41) is 10.4. The van der Waals surface area contributed by atoms with Gasteiger partial charge in [-0.25, -0.2) is 13.1 Å². The first-order valence-corrected chi connectivity index (χ1v) is 9.57. The highest BCUT2D eigenvalue weighted by Crippen LogP contribution is 2.29. The molecule has 7 nitrogen and oxygen atoms in total. The van der Waals surface area contributed by atoms with Gasteiger partial charge in [0, 0.05) is 32.3 Å². The lowest BCUT2D eigenvalue weighted by Crippen LogP contribution is -2.41. The number of nitrogens with zero attached hydrogens (tertiary/aromatic N) is 2. The van der Waals surface area contributed by atoms with Crippen LogP contribution in [0.1, 0.15) is 31.1 Å². The second-order valence-corrected chi connectivity index (χ2v) is 7.67. The molecule has 1 aromatic rings. The van der Waals surface area contributed by atoms with Gasteiger partial charge in [-0.15, -0.1) is 0 Å². The smallest absolute Gasteiger partial charge is 0.223 e. The van der Waals surface area contributed by atoms with Crippen LogP contribution in [0.5, 0.6) is 0 Å². The molecule has 0 radical (unpaired) electrons. The second-order valence-electron chi connectivity index (χ2n) is 5.83. The number of sulfonamides is 1. The van der Waals surface area contributed by atoms with E-state index in [4.69, 9.17) is 0 Å². The zero-order chi connectivity index (χ0) is 16.9. The van der Waals surface area contributed by atoms with Gasteiger partial charge in [-0.3, -0.25) is 9.78 Å². The average molecular weight is 341 g/mol. The number of hydrogen-bond acceptors (Lipinski definition) is 5. The highest BCUT2D eigenvalue weighted by atomic mass is 32.2. The van der Waals surface area contributed by atoms with E-state index in [0.29, 0.717) is 31.6 Å². The third-order valence-corrected chi connectivity index (χ3v) is 4.76.